The van der Waals surface area contributed by atoms with Crippen LogP contribution in [0.5, 0.6) is 0 Å². The number of rotatable bonds is 4. The van der Waals surface area contributed by atoms with E-state index in [2.05, 4.69) is 0 Å². The lowest BCUT2D eigenvalue weighted by Crippen LogP contribution is -2.32. The van der Waals surface area contributed by atoms with Gasteiger partial charge in [0.25, 0.3) is 5.91 Å². The summed E-state index contributed by atoms with van der Waals surface area (Å²) < 4.78 is 19.0. The van der Waals surface area contributed by atoms with E-state index < -0.39 is 5.82 Å². The van der Waals surface area contributed by atoms with Gasteiger partial charge in [-0.15, -0.1) is 0 Å². The van der Waals surface area contributed by atoms with Crippen molar-refractivity contribution in [3.05, 3.63) is 58.8 Å². The number of benzene rings is 1. The highest BCUT2D eigenvalue weighted by atomic mass is 35.5. The molecule has 0 radical (unpaired) electrons. The molecule has 0 spiro atoms. The van der Waals surface area contributed by atoms with Crippen LogP contribution in [0.2, 0.25) is 5.02 Å². The zero-order valence-electron chi connectivity index (χ0n) is 10.7. The number of amides is 1. The summed E-state index contributed by atoms with van der Waals surface area (Å²) in [5.41, 5.74) is 0.348. The van der Waals surface area contributed by atoms with Gasteiger partial charge in [-0.25, -0.2) is 4.39 Å². The van der Waals surface area contributed by atoms with Crippen LogP contribution < -0.4 is 0 Å². The van der Waals surface area contributed by atoms with Crippen LogP contribution in [0.4, 0.5) is 4.39 Å². The number of nitrogens with zero attached hydrogens (tertiary/aromatic N) is 1. The van der Waals surface area contributed by atoms with E-state index in [1.165, 1.54) is 12.3 Å². The Morgan fingerprint density at radius 3 is 2.75 bits per heavy atom. The molecular weight excluding hydrogens is 281 g/mol. The van der Waals surface area contributed by atoms with Crippen molar-refractivity contribution in [2.24, 2.45) is 0 Å². The molecule has 0 unspecified atom stereocenters. The Morgan fingerprint density at radius 1 is 1.35 bits per heavy atom. The Hall–Kier alpha value is -1.81. The minimum Gasteiger partial charge on any atom is -0.459 e. The van der Waals surface area contributed by atoms with Crippen LogP contribution in [-0.4, -0.2) is 16.8 Å². The summed E-state index contributed by atoms with van der Waals surface area (Å²) in [6.07, 6.45) is 3.31. The SMILES string of the molecule is O=C(c1ccco1)N(Cc1c(F)cccc1Cl)C1CC1. The van der Waals surface area contributed by atoms with E-state index in [1.54, 1.807) is 29.2 Å². The smallest absolute Gasteiger partial charge is 0.290 e. The van der Waals surface area contributed by atoms with Gasteiger partial charge in [0.1, 0.15) is 5.82 Å². The topological polar surface area (TPSA) is 33.5 Å². The maximum atomic E-state index is 13.9. The van der Waals surface area contributed by atoms with Crippen LogP contribution in [0.15, 0.2) is 41.0 Å². The summed E-state index contributed by atoms with van der Waals surface area (Å²) in [7, 11) is 0. The average Bonchev–Trinajstić information content (AvgIpc) is 3.11. The largest absolute Gasteiger partial charge is 0.459 e. The first-order valence-electron chi connectivity index (χ1n) is 6.44. The minimum absolute atomic E-state index is 0.142. The van der Waals surface area contributed by atoms with Crippen molar-refractivity contribution >= 4 is 17.5 Å². The van der Waals surface area contributed by atoms with Gasteiger partial charge in [-0.3, -0.25) is 4.79 Å². The molecular formula is C15H13ClFNO2. The monoisotopic (exact) mass is 293 g/mol. The molecule has 1 aliphatic carbocycles. The van der Waals surface area contributed by atoms with Crippen molar-refractivity contribution < 1.29 is 13.6 Å². The van der Waals surface area contributed by atoms with Crippen molar-refractivity contribution in [3.63, 3.8) is 0 Å². The summed E-state index contributed by atoms with van der Waals surface area (Å²) in [6.45, 7) is 0.162. The van der Waals surface area contributed by atoms with Gasteiger partial charge in [-0.2, -0.15) is 0 Å². The molecule has 1 aromatic heterocycles. The molecule has 1 aliphatic rings. The fourth-order valence-electron chi connectivity index (χ4n) is 2.15. The van der Waals surface area contributed by atoms with Crippen molar-refractivity contribution in [3.8, 4) is 0 Å². The van der Waals surface area contributed by atoms with Crippen LogP contribution in [0.3, 0.4) is 0 Å². The third-order valence-electron chi connectivity index (χ3n) is 3.37. The summed E-state index contributed by atoms with van der Waals surface area (Å²) >= 11 is 6.03. The van der Waals surface area contributed by atoms with Gasteiger partial charge in [0, 0.05) is 16.6 Å². The molecule has 3 rings (SSSR count). The molecule has 1 saturated carbocycles. The highest BCUT2D eigenvalue weighted by Crippen LogP contribution is 2.32. The first-order valence-corrected chi connectivity index (χ1v) is 6.82. The van der Waals surface area contributed by atoms with E-state index >= 15 is 0 Å². The van der Waals surface area contributed by atoms with E-state index in [0.717, 1.165) is 12.8 Å². The molecule has 1 fully saturated rings. The maximum absolute atomic E-state index is 13.9. The quantitative estimate of drug-likeness (QED) is 0.857. The van der Waals surface area contributed by atoms with Crippen LogP contribution in [-0.2, 0) is 6.54 Å². The van der Waals surface area contributed by atoms with E-state index in [-0.39, 0.29) is 24.3 Å². The Kier molecular flexibility index (Phi) is 3.49. The molecule has 1 heterocycles. The molecule has 1 aromatic carbocycles. The number of hydrogen-bond acceptors (Lipinski definition) is 2. The first kappa shape index (κ1) is 13.2. The molecule has 1 amide bonds. The third kappa shape index (κ3) is 2.56. The Balaban J connectivity index is 1.87. The number of halogens is 2. The zero-order valence-corrected chi connectivity index (χ0v) is 11.4. The Bertz CT molecular complexity index is 603. The highest BCUT2D eigenvalue weighted by Gasteiger charge is 2.34. The lowest BCUT2D eigenvalue weighted by molar-refractivity contribution is 0.0696. The second kappa shape index (κ2) is 5.29. The number of carbonyl (C=O) groups excluding carboxylic acids is 1. The molecule has 20 heavy (non-hydrogen) atoms. The molecule has 0 aliphatic heterocycles. The van der Waals surface area contributed by atoms with E-state index in [4.69, 9.17) is 16.0 Å². The third-order valence-corrected chi connectivity index (χ3v) is 3.72. The van der Waals surface area contributed by atoms with Gasteiger partial charge in [0.15, 0.2) is 5.76 Å². The molecule has 3 nitrogen and oxygen atoms in total. The maximum Gasteiger partial charge on any atom is 0.290 e. The van der Waals surface area contributed by atoms with E-state index in [1.807, 2.05) is 0 Å². The summed E-state index contributed by atoms with van der Waals surface area (Å²) in [4.78, 5) is 14.0. The molecule has 104 valence electrons. The summed E-state index contributed by atoms with van der Waals surface area (Å²) in [5.74, 6) is -0.350. The predicted octanol–water partition coefficient (Wildman–Crippen LogP) is 3.88. The normalized spacial score (nSPS) is 14.3. The molecule has 5 heteroatoms. The summed E-state index contributed by atoms with van der Waals surface area (Å²) in [5, 5.41) is 0.336. The molecule has 0 N–H and O–H groups in total. The molecule has 2 aromatic rings. The van der Waals surface area contributed by atoms with Gasteiger partial charge in [-0.1, -0.05) is 17.7 Å². The van der Waals surface area contributed by atoms with E-state index in [9.17, 15) is 9.18 Å². The zero-order chi connectivity index (χ0) is 14.1. The second-order valence-corrected chi connectivity index (χ2v) is 5.25. The number of hydrogen-bond donors (Lipinski definition) is 0. The van der Waals surface area contributed by atoms with Gasteiger partial charge >= 0.3 is 0 Å². The van der Waals surface area contributed by atoms with Crippen LogP contribution in [0, 0.1) is 5.82 Å². The van der Waals surface area contributed by atoms with Crippen molar-refractivity contribution in [1.82, 2.24) is 4.90 Å². The van der Waals surface area contributed by atoms with Crippen molar-refractivity contribution in [2.45, 2.75) is 25.4 Å². The van der Waals surface area contributed by atoms with Crippen molar-refractivity contribution in [2.75, 3.05) is 0 Å². The first-order chi connectivity index (χ1) is 9.66. The fraction of sp³-hybridized carbons (Fsp3) is 0.267. The van der Waals surface area contributed by atoms with Gasteiger partial charge in [-0.05, 0) is 37.1 Å². The number of carbonyl (C=O) groups is 1. The molecule has 0 saturated heterocycles. The standard InChI is InChI=1S/C15H13ClFNO2/c16-12-3-1-4-13(17)11(12)9-18(10-6-7-10)15(19)14-5-2-8-20-14/h1-5,8,10H,6-7,9H2. The molecule has 0 atom stereocenters. The van der Waals surface area contributed by atoms with Crippen molar-refractivity contribution in [1.29, 1.82) is 0 Å². The lowest BCUT2D eigenvalue weighted by Gasteiger charge is -2.22. The second-order valence-electron chi connectivity index (χ2n) is 4.84. The van der Waals surface area contributed by atoms with E-state index in [0.29, 0.717) is 10.6 Å². The van der Waals surface area contributed by atoms with Crippen LogP contribution in [0.1, 0.15) is 29.0 Å². The highest BCUT2D eigenvalue weighted by molar-refractivity contribution is 6.31. The minimum atomic E-state index is -0.393. The van der Waals surface area contributed by atoms with Gasteiger partial charge < -0.3 is 9.32 Å². The predicted molar refractivity (Wildman–Crippen MR) is 73.0 cm³/mol. The summed E-state index contributed by atoms with van der Waals surface area (Å²) in [6, 6.07) is 7.95. The van der Waals surface area contributed by atoms with Gasteiger partial charge in [0.2, 0.25) is 0 Å². The average molecular weight is 294 g/mol. The fourth-order valence-corrected chi connectivity index (χ4v) is 2.37. The van der Waals surface area contributed by atoms with Crippen LogP contribution in [0.25, 0.3) is 0 Å². The van der Waals surface area contributed by atoms with Crippen LogP contribution >= 0.6 is 11.6 Å². The Morgan fingerprint density at radius 2 is 2.15 bits per heavy atom. The Labute approximate surface area is 120 Å². The molecule has 0 bridgehead atoms. The lowest BCUT2D eigenvalue weighted by atomic mass is 10.2. The number of furan rings is 1. The van der Waals surface area contributed by atoms with Gasteiger partial charge in [0.05, 0.1) is 12.8 Å².